The minimum absolute atomic E-state index is 0.461. The first-order chi connectivity index (χ1) is 8.49. The van der Waals surface area contributed by atoms with Gasteiger partial charge in [-0.3, -0.25) is 0 Å². The fraction of sp³-hybridized carbons (Fsp3) is 0.500. The van der Waals surface area contributed by atoms with Gasteiger partial charge in [0.05, 0.1) is 0 Å². The summed E-state index contributed by atoms with van der Waals surface area (Å²) in [6.07, 6.45) is 0. The molecule has 1 heterocycles. The Bertz CT molecular complexity index is 427. The minimum atomic E-state index is 0.461. The number of rotatable bonds is 3. The fourth-order valence-electron chi connectivity index (χ4n) is 2.67. The van der Waals surface area contributed by atoms with Crippen molar-refractivity contribution in [3.05, 3.63) is 29.8 Å². The number of thiocarbonyl (C=S) groups is 1. The van der Waals surface area contributed by atoms with Gasteiger partial charge in [-0.15, -0.1) is 0 Å². The molecule has 1 aromatic carbocycles. The molecule has 98 valence electrons. The average molecular weight is 263 g/mol. The molecule has 1 saturated heterocycles. The summed E-state index contributed by atoms with van der Waals surface area (Å²) in [5.74, 6) is 0.690. The Labute approximate surface area is 115 Å². The lowest BCUT2D eigenvalue weighted by atomic mass is 10.1. The number of likely N-dealkylation sites (N-methyl/N-ethyl adjacent to an activating group) is 1. The third kappa shape index (κ3) is 2.65. The van der Waals surface area contributed by atoms with Crippen molar-refractivity contribution in [2.24, 2.45) is 11.7 Å². The molecule has 1 fully saturated rings. The monoisotopic (exact) mass is 263 g/mol. The zero-order chi connectivity index (χ0) is 13.3. The van der Waals surface area contributed by atoms with Crippen LogP contribution in [0.15, 0.2) is 24.3 Å². The molecular formula is C14H21N3S. The van der Waals surface area contributed by atoms with E-state index >= 15 is 0 Å². The molecule has 0 saturated carbocycles. The van der Waals surface area contributed by atoms with Gasteiger partial charge in [0.1, 0.15) is 4.99 Å². The first-order valence-electron chi connectivity index (χ1n) is 6.30. The molecule has 0 amide bonds. The zero-order valence-corrected chi connectivity index (χ0v) is 12.1. The summed E-state index contributed by atoms with van der Waals surface area (Å²) in [7, 11) is 4.31. The van der Waals surface area contributed by atoms with Gasteiger partial charge in [-0.2, -0.15) is 0 Å². The van der Waals surface area contributed by atoms with Crippen LogP contribution in [0.1, 0.15) is 12.5 Å². The van der Waals surface area contributed by atoms with Crippen molar-refractivity contribution >= 4 is 22.9 Å². The van der Waals surface area contributed by atoms with E-state index in [1.807, 2.05) is 12.1 Å². The maximum Gasteiger partial charge on any atom is 0.103 e. The second kappa shape index (κ2) is 5.24. The lowest BCUT2D eigenvalue weighted by Crippen LogP contribution is -2.34. The highest BCUT2D eigenvalue weighted by Crippen LogP contribution is 2.26. The zero-order valence-electron chi connectivity index (χ0n) is 11.3. The highest BCUT2D eigenvalue weighted by atomic mass is 32.1. The van der Waals surface area contributed by atoms with E-state index in [2.05, 4.69) is 43.0 Å². The SMILES string of the molecule is CC1CN(c2ccc(C(N)=S)cc2)CC1N(C)C. The summed E-state index contributed by atoms with van der Waals surface area (Å²) >= 11 is 4.97. The molecule has 0 aliphatic carbocycles. The Morgan fingerprint density at radius 3 is 2.33 bits per heavy atom. The summed E-state index contributed by atoms with van der Waals surface area (Å²) in [4.78, 5) is 5.20. The van der Waals surface area contributed by atoms with Crippen molar-refractivity contribution < 1.29 is 0 Å². The molecule has 18 heavy (non-hydrogen) atoms. The van der Waals surface area contributed by atoms with E-state index in [1.165, 1.54) is 5.69 Å². The van der Waals surface area contributed by atoms with Gasteiger partial charge in [0, 0.05) is 30.4 Å². The molecule has 0 radical (unpaired) electrons. The Morgan fingerprint density at radius 1 is 1.28 bits per heavy atom. The Balaban J connectivity index is 2.11. The summed E-state index contributed by atoms with van der Waals surface area (Å²) in [6, 6.07) is 8.86. The first kappa shape index (κ1) is 13.3. The number of nitrogens with zero attached hydrogens (tertiary/aromatic N) is 2. The average Bonchev–Trinajstić information content (AvgIpc) is 2.71. The number of hydrogen-bond acceptors (Lipinski definition) is 3. The van der Waals surface area contributed by atoms with Crippen molar-refractivity contribution in [3.8, 4) is 0 Å². The van der Waals surface area contributed by atoms with Gasteiger partial charge in [0.2, 0.25) is 0 Å². The van der Waals surface area contributed by atoms with Crippen molar-refractivity contribution in [2.45, 2.75) is 13.0 Å². The van der Waals surface area contributed by atoms with E-state index in [-0.39, 0.29) is 0 Å². The predicted octanol–water partition coefficient (Wildman–Crippen LogP) is 1.71. The van der Waals surface area contributed by atoms with Crippen molar-refractivity contribution in [2.75, 3.05) is 32.1 Å². The second-order valence-electron chi connectivity index (χ2n) is 5.32. The van der Waals surface area contributed by atoms with Crippen LogP contribution in [0.2, 0.25) is 0 Å². The quantitative estimate of drug-likeness (QED) is 0.842. The smallest absolute Gasteiger partial charge is 0.103 e. The predicted molar refractivity (Wildman–Crippen MR) is 81.2 cm³/mol. The molecule has 1 aliphatic rings. The number of anilines is 1. The van der Waals surface area contributed by atoms with E-state index in [1.54, 1.807) is 0 Å². The highest BCUT2D eigenvalue weighted by molar-refractivity contribution is 7.80. The molecule has 0 aromatic heterocycles. The van der Waals surface area contributed by atoms with Crippen LogP contribution < -0.4 is 10.6 Å². The van der Waals surface area contributed by atoms with E-state index in [0.717, 1.165) is 18.7 Å². The maximum absolute atomic E-state index is 5.61. The maximum atomic E-state index is 5.61. The number of benzene rings is 1. The molecule has 1 aliphatic heterocycles. The molecule has 2 unspecified atom stereocenters. The van der Waals surface area contributed by atoms with Gasteiger partial charge >= 0.3 is 0 Å². The van der Waals surface area contributed by atoms with Gasteiger partial charge in [0.15, 0.2) is 0 Å². The van der Waals surface area contributed by atoms with Gasteiger partial charge in [-0.25, -0.2) is 0 Å². The summed E-state index contributed by atoms with van der Waals surface area (Å²) < 4.78 is 0. The second-order valence-corrected chi connectivity index (χ2v) is 5.76. The number of hydrogen-bond donors (Lipinski definition) is 1. The molecule has 4 heteroatoms. The summed E-state index contributed by atoms with van der Waals surface area (Å²) in [5, 5.41) is 0. The highest BCUT2D eigenvalue weighted by Gasteiger charge is 2.30. The van der Waals surface area contributed by atoms with Crippen LogP contribution in [0.5, 0.6) is 0 Å². The third-order valence-electron chi connectivity index (χ3n) is 3.75. The summed E-state index contributed by atoms with van der Waals surface area (Å²) in [6.45, 7) is 4.50. The lowest BCUT2D eigenvalue weighted by Gasteiger charge is -2.23. The third-order valence-corrected chi connectivity index (χ3v) is 3.99. The fourth-order valence-corrected chi connectivity index (χ4v) is 2.81. The van der Waals surface area contributed by atoms with E-state index in [9.17, 15) is 0 Å². The van der Waals surface area contributed by atoms with Gasteiger partial charge in [0.25, 0.3) is 0 Å². The molecule has 2 rings (SSSR count). The van der Waals surface area contributed by atoms with Crippen LogP contribution in [0.25, 0.3) is 0 Å². The van der Waals surface area contributed by atoms with Gasteiger partial charge in [-0.1, -0.05) is 19.1 Å². The van der Waals surface area contributed by atoms with Gasteiger partial charge in [-0.05, 0) is 44.3 Å². The van der Waals surface area contributed by atoms with Gasteiger partial charge < -0.3 is 15.5 Å². The largest absolute Gasteiger partial charge is 0.389 e. The molecule has 3 nitrogen and oxygen atoms in total. The van der Waals surface area contributed by atoms with Crippen molar-refractivity contribution in [1.82, 2.24) is 4.90 Å². The summed E-state index contributed by atoms with van der Waals surface area (Å²) in [5.41, 5.74) is 7.80. The van der Waals surface area contributed by atoms with Crippen molar-refractivity contribution in [3.63, 3.8) is 0 Å². The van der Waals surface area contributed by atoms with E-state index in [0.29, 0.717) is 16.9 Å². The Hall–Kier alpha value is -1.13. The Kier molecular flexibility index (Phi) is 3.88. The van der Waals surface area contributed by atoms with Crippen molar-refractivity contribution in [1.29, 1.82) is 0 Å². The normalized spacial score (nSPS) is 23.7. The lowest BCUT2D eigenvalue weighted by molar-refractivity contribution is 0.266. The molecule has 0 spiro atoms. The minimum Gasteiger partial charge on any atom is -0.389 e. The van der Waals surface area contributed by atoms with Crippen LogP contribution in [0, 0.1) is 5.92 Å². The van der Waals surface area contributed by atoms with Crippen LogP contribution >= 0.6 is 12.2 Å². The van der Waals surface area contributed by atoms with Crippen LogP contribution in [-0.4, -0.2) is 43.1 Å². The van der Waals surface area contributed by atoms with Crippen LogP contribution in [0.4, 0.5) is 5.69 Å². The topological polar surface area (TPSA) is 32.5 Å². The molecule has 0 bridgehead atoms. The molecular weight excluding hydrogens is 242 g/mol. The standard InChI is InChI=1S/C14H21N3S/c1-10-8-17(9-13(10)16(2)3)12-6-4-11(5-7-12)14(15)18/h4-7,10,13H,8-9H2,1-3H3,(H2,15,18). The van der Waals surface area contributed by atoms with Crippen LogP contribution in [-0.2, 0) is 0 Å². The van der Waals surface area contributed by atoms with Crippen LogP contribution in [0.3, 0.4) is 0 Å². The molecule has 2 N–H and O–H groups in total. The Morgan fingerprint density at radius 2 is 1.89 bits per heavy atom. The number of nitrogens with two attached hydrogens (primary N) is 1. The first-order valence-corrected chi connectivity index (χ1v) is 6.71. The van der Waals surface area contributed by atoms with E-state index in [4.69, 9.17) is 18.0 Å². The molecule has 2 atom stereocenters. The molecule has 1 aromatic rings. The van der Waals surface area contributed by atoms with E-state index < -0.39 is 0 Å².